The van der Waals surface area contributed by atoms with Gasteiger partial charge >= 0.3 is 0 Å². The molecule has 0 bridgehead atoms. The van der Waals surface area contributed by atoms with Crippen LogP contribution < -0.4 is 5.73 Å². The zero-order chi connectivity index (χ0) is 7.84. The van der Waals surface area contributed by atoms with Crippen molar-refractivity contribution in [3.8, 4) is 5.75 Å². The van der Waals surface area contributed by atoms with Gasteiger partial charge in [-0.05, 0) is 6.07 Å². The van der Waals surface area contributed by atoms with E-state index in [0.29, 0.717) is 5.69 Å². The lowest BCUT2D eigenvalue weighted by molar-refractivity contribution is 0.476. The molecular weight excluding hydrogens is 160 g/mol. The molecular formula is C7H6N2OS. The number of rotatable bonds is 0. The molecule has 1 aromatic carbocycles. The Morgan fingerprint density at radius 3 is 3.09 bits per heavy atom. The van der Waals surface area contributed by atoms with Crippen LogP contribution in [0.3, 0.4) is 0 Å². The number of nitrogens with two attached hydrogens (primary N) is 1. The Hall–Kier alpha value is -1.29. The normalized spacial score (nSPS) is 10.5. The van der Waals surface area contributed by atoms with Gasteiger partial charge in [0.2, 0.25) is 0 Å². The molecule has 2 aromatic rings. The lowest BCUT2D eigenvalue weighted by Crippen LogP contribution is -1.84. The average Bonchev–Trinajstić information content (AvgIpc) is 2.34. The van der Waals surface area contributed by atoms with Crippen LogP contribution in [0.15, 0.2) is 17.6 Å². The minimum absolute atomic E-state index is 0.194. The number of fused-ring (bicyclic) bond motifs is 1. The van der Waals surface area contributed by atoms with Gasteiger partial charge in [0.25, 0.3) is 0 Å². The number of nitrogens with zero attached hydrogens (tertiary/aromatic N) is 1. The van der Waals surface area contributed by atoms with Gasteiger partial charge in [-0.1, -0.05) is 0 Å². The van der Waals surface area contributed by atoms with Crippen molar-refractivity contribution in [2.45, 2.75) is 0 Å². The van der Waals surface area contributed by atoms with E-state index in [1.54, 1.807) is 11.6 Å². The van der Waals surface area contributed by atoms with Gasteiger partial charge in [-0.25, -0.2) is 4.98 Å². The molecule has 0 aliphatic heterocycles. The molecule has 0 aliphatic rings. The number of aromatic hydroxyl groups is 1. The first kappa shape index (κ1) is 6.42. The molecule has 0 aliphatic carbocycles. The van der Waals surface area contributed by atoms with Crippen molar-refractivity contribution in [3.05, 3.63) is 17.6 Å². The third-order valence-electron chi connectivity index (χ3n) is 1.45. The molecule has 0 unspecified atom stereocenters. The molecule has 1 heterocycles. The molecule has 0 radical (unpaired) electrons. The number of aromatic nitrogens is 1. The van der Waals surface area contributed by atoms with Gasteiger partial charge < -0.3 is 10.8 Å². The standard InChI is InChI=1S/C7H6N2OS/c8-5-1-4(10)2-6-7(5)9-3-11-6/h1-3,10H,8H2. The first-order valence-corrected chi connectivity index (χ1v) is 3.97. The van der Waals surface area contributed by atoms with Gasteiger partial charge in [-0.2, -0.15) is 0 Å². The molecule has 3 nitrogen and oxygen atoms in total. The van der Waals surface area contributed by atoms with Crippen LogP contribution in [0.4, 0.5) is 5.69 Å². The van der Waals surface area contributed by atoms with E-state index in [2.05, 4.69) is 4.98 Å². The van der Waals surface area contributed by atoms with Gasteiger partial charge in [0, 0.05) is 6.07 Å². The Morgan fingerprint density at radius 1 is 1.45 bits per heavy atom. The summed E-state index contributed by atoms with van der Waals surface area (Å²) >= 11 is 1.46. The van der Waals surface area contributed by atoms with Crippen molar-refractivity contribution >= 4 is 27.2 Å². The largest absolute Gasteiger partial charge is 0.508 e. The van der Waals surface area contributed by atoms with Crippen LogP contribution in [0.5, 0.6) is 5.75 Å². The number of anilines is 1. The fourth-order valence-electron chi connectivity index (χ4n) is 0.978. The molecule has 56 valence electrons. The molecule has 0 saturated carbocycles. The Morgan fingerprint density at radius 2 is 2.27 bits per heavy atom. The lowest BCUT2D eigenvalue weighted by Gasteiger charge is -1.95. The summed E-state index contributed by atoms with van der Waals surface area (Å²) in [5.41, 5.74) is 8.59. The van der Waals surface area contributed by atoms with E-state index >= 15 is 0 Å². The summed E-state index contributed by atoms with van der Waals surface area (Å²) in [6.45, 7) is 0. The Bertz CT molecular complexity index is 396. The third-order valence-corrected chi connectivity index (χ3v) is 2.23. The minimum Gasteiger partial charge on any atom is -0.508 e. The van der Waals surface area contributed by atoms with Gasteiger partial charge in [0.1, 0.15) is 11.3 Å². The van der Waals surface area contributed by atoms with Crippen LogP contribution in [0.2, 0.25) is 0 Å². The predicted octanol–water partition coefficient (Wildman–Crippen LogP) is 1.58. The number of nitrogen functional groups attached to an aromatic ring is 1. The summed E-state index contributed by atoms with van der Waals surface area (Å²) in [7, 11) is 0. The summed E-state index contributed by atoms with van der Waals surface area (Å²) in [5.74, 6) is 0.194. The predicted molar refractivity (Wildman–Crippen MR) is 45.7 cm³/mol. The highest BCUT2D eigenvalue weighted by Gasteiger charge is 2.01. The number of hydrogen-bond acceptors (Lipinski definition) is 4. The number of phenolic OH excluding ortho intramolecular Hbond substituents is 1. The Labute approximate surface area is 67.1 Å². The Balaban J connectivity index is 2.91. The minimum atomic E-state index is 0.194. The number of phenols is 1. The second kappa shape index (κ2) is 2.10. The molecule has 4 heteroatoms. The van der Waals surface area contributed by atoms with Crippen molar-refractivity contribution in [2.24, 2.45) is 0 Å². The van der Waals surface area contributed by atoms with E-state index < -0.39 is 0 Å². The smallest absolute Gasteiger partial charge is 0.119 e. The van der Waals surface area contributed by atoms with Crippen molar-refractivity contribution in [1.29, 1.82) is 0 Å². The van der Waals surface area contributed by atoms with Gasteiger partial charge in [-0.15, -0.1) is 11.3 Å². The highest BCUT2D eigenvalue weighted by Crippen LogP contribution is 2.27. The summed E-state index contributed by atoms with van der Waals surface area (Å²) in [4.78, 5) is 4.04. The molecule has 0 fully saturated rings. The quantitative estimate of drug-likeness (QED) is 0.584. The molecule has 1 aromatic heterocycles. The fraction of sp³-hybridized carbons (Fsp3) is 0. The van der Waals surface area contributed by atoms with E-state index in [-0.39, 0.29) is 5.75 Å². The molecule has 2 rings (SSSR count). The van der Waals surface area contributed by atoms with Crippen molar-refractivity contribution in [1.82, 2.24) is 4.98 Å². The SMILES string of the molecule is Nc1cc(O)cc2scnc12. The maximum atomic E-state index is 9.13. The highest BCUT2D eigenvalue weighted by atomic mass is 32.1. The van der Waals surface area contributed by atoms with Crippen LogP contribution in [0, 0.1) is 0 Å². The van der Waals surface area contributed by atoms with Crippen molar-refractivity contribution < 1.29 is 5.11 Å². The van der Waals surface area contributed by atoms with Gasteiger partial charge in [0.15, 0.2) is 0 Å². The first-order valence-electron chi connectivity index (χ1n) is 3.09. The van der Waals surface area contributed by atoms with E-state index in [1.165, 1.54) is 17.4 Å². The lowest BCUT2D eigenvalue weighted by atomic mass is 10.3. The van der Waals surface area contributed by atoms with Crippen LogP contribution in [0.1, 0.15) is 0 Å². The van der Waals surface area contributed by atoms with E-state index in [0.717, 1.165) is 10.2 Å². The number of thiazole rings is 1. The zero-order valence-electron chi connectivity index (χ0n) is 5.61. The summed E-state index contributed by atoms with van der Waals surface area (Å²) in [5, 5.41) is 9.13. The second-order valence-electron chi connectivity index (χ2n) is 2.23. The molecule has 0 saturated heterocycles. The zero-order valence-corrected chi connectivity index (χ0v) is 6.43. The monoisotopic (exact) mass is 166 g/mol. The Kier molecular flexibility index (Phi) is 1.22. The van der Waals surface area contributed by atoms with Gasteiger partial charge in [-0.3, -0.25) is 0 Å². The van der Waals surface area contributed by atoms with Crippen LogP contribution in [0.25, 0.3) is 10.2 Å². The molecule has 3 N–H and O–H groups in total. The topological polar surface area (TPSA) is 59.1 Å². The van der Waals surface area contributed by atoms with E-state index in [4.69, 9.17) is 10.8 Å². The van der Waals surface area contributed by atoms with Crippen molar-refractivity contribution in [2.75, 3.05) is 5.73 Å². The summed E-state index contributed by atoms with van der Waals surface area (Å²) in [6.07, 6.45) is 0. The molecule has 11 heavy (non-hydrogen) atoms. The van der Waals surface area contributed by atoms with E-state index in [1.807, 2.05) is 0 Å². The maximum Gasteiger partial charge on any atom is 0.119 e. The summed E-state index contributed by atoms with van der Waals surface area (Å²) in [6, 6.07) is 3.16. The number of benzene rings is 1. The molecule has 0 spiro atoms. The fourth-order valence-corrected chi connectivity index (χ4v) is 1.72. The second-order valence-corrected chi connectivity index (χ2v) is 3.12. The molecule has 0 amide bonds. The summed E-state index contributed by atoms with van der Waals surface area (Å²) < 4.78 is 0.919. The maximum absolute atomic E-state index is 9.13. The molecule has 0 atom stereocenters. The van der Waals surface area contributed by atoms with E-state index in [9.17, 15) is 0 Å². The van der Waals surface area contributed by atoms with Crippen LogP contribution >= 0.6 is 11.3 Å². The average molecular weight is 166 g/mol. The van der Waals surface area contributed by atoms with Crippen LogP contribution in [-0.2, 0) is 0 Å². The van der Waals surface area contributed by atoms with Gasteiger partial charge in [0.05, 0.1) is 15.9 Å². The van der Waals surface area contributed by atoms with Crippen molar-refractivity contribution in [3.63, 3.8) is 0 Å². The highest BCUT2D eigenvalue weighted by molar-refractivity contribution is 7.16. The van der Waals surface area contributed by atoms with Crippen LogP contribution in [-0.4, -0.2) is 10.1 Å². The third kappa shape index (κ3) is 0.914. The first-order chi connectivity index (χ1) is 5.27. The number of hydrogen-bond donors (Lipinski definition) is 2.